The summed E-state index contributed by atoms with van der Waals surface area (Å²) >= 11 is 5.80. The molecule has 2 aromatic rings. The van der Waals surface area contributed by atoms with Gasteiger partial charge in [-0.25, -0.2) is 30.3 Å². The third-order valence-corrected chi connectivity index (χ3v) is 7.23. The van der Waals surface area contributed by atoms with E-state index in [0.717, 1.165) is 24.5 Å². The van der Waals surface area contributed by atoms with Crippen LogP contribution in [-0.4, -0.2) is 29.6 Å². The summed E-state index contributed by atoms with van der Waals surface area (Å²) in [6, 6.07) is 8.12. The Morgan fingerprint density at radius 2 is 1.64 bits per heavy atom. The molecule has 10 heteroatoms. The Morgan fingerprint density at radius 1 is 1.00 bits per heavy atom. The Labute approximate surface area is 168 Å². The Bertz CT molecular complexity index is 1030. The van der Waals surface area contributed by atoms with Crippen molar-refractivity contribution in [2.45, 2.75) is 29.4 Å². The van der Waals surface area contributed by atoms with Gasteiger partial charge < -0.3 is 0 Å². The lowest BCUT2D eigenvalue weighted by Crippen LogP contribution is -2.23. The van der Waals surface area contributed by atoms with Gasteiger partial charge in [-0.15, -0.1) is 0 Å². The molecule has 0 amide bonds. The largest absolute Gasteiger partial charge is 0.223 e. The van der Waals surface area contributed by atoms with E-state index in [1.54, 1.807) is 0 Å². The first kappa shape index (κ1) is 22.7. The van der Waals surface area contributed by atoms with Crippen molar-refractivity contribution < 1.29 is 25.6 Å². The van der Waals surface area contributed by atoms with E-state index < -0.39 is 36.7 Å². The van der Waals surface area contributed by atoms with Gasteiger partial charge in [-0.1, -0.05) is 18.0 Å². The summed E-state index contributed by atoms with van der Waals surface area (Å²) in [5.41, 5.74) is -0.258. The van der Waals surface area contributed by atoms with Gasteiger partial charge >= 0.3 is 0 Å². The van der Waals surface area contributed by atoms with Gasteiger partial charge in [0.15, 0.2) is 9.84 Å². The molecule has 1 atom stereocenters. The fourth-order valence-electron chi connectivity index (χ4n) is 2.74. The number of sulfone groups is 1. The molecule has 0 spiro atoms. The molecule has 0 aromatic heterocycles. The van der Waals surface area contributed by atoms with Crippen molar-refractivity contribution in [2.75, 3.05) is 12.8 Å². The van der Waals surface area contributed by atoms with Crippen molar-refractivity contribution in [1.82, 2.24) is 4.72 Å². The zero-order valence-electron chi connectivity index (χ0n) is 15.0. The van der Waals surface area contributed by atoms with Crippen LogP contribution in [0.5, 0.6) is 0 Å². The second-order valence-corrected chi connectivity index (χ2v) is 10.7. The molecule has 0 fully saturated rings. The number of benzene rings is 2. The van der Waals surface area contributed by atoms with Crippen LogP contribution in [0.1, 0.15) is 30.1 Å². The highest BCUT2D eigenvalue weighted by atomic mass is 35.5. The number of nitrogens with one attached hydrogen (secondary N) is 1. The van der Waals surface area contributed by atoms with Gasteiger partial charge in [-0.05, 0) is 55.3 Å². The molecule has 0 saturated carbocycles. The summed E-state index contributed by atoms with van der Waals surface area (Å²) in [5.74, 6) is -1.57. The fraction of sp³-hybridized carbons (Fsp3) is 0.333. The molecule has 2 rings (SSSR count). The smallest absolute Gasteiger partial charge is 0.208 e. The second kappa shape index (κ2) is 9.30. The molecule has 0 aliphatic rings. The van der Waals surface area contributed by atoms with Crippen LogP contribution in [0.3, 0.4) is 0 Å². The zero-order chi connectivity index (χ0) is 20.9. The van der Waals surface area contributed by atoms with Crippen LogP contribution in [-0.2, 0) is 19.9 Å². The molecule has 0 bridgehead atoms. The summed E-state index contributed by atoms with van der Waals surface area (Å²) in [6.07, 6.45) is 1.65. The van der Waals surface area contributed by atoms with E-state index in [1.807, 2.05) is 0 Å². The van der Waals surface area contributed by atoms with E-state index >= 15 is 0 Å². The SMILES string of the molecule is CS(=O)(=O)NCCCCC(c1cc(F)ccc1F)S(=O)(=O)c1ccc(Cl)cc1. The van der Waals surface area contributed by atoms with Crippen LogP contribution in [0.25, 0.3) is 0 Å². The van der Waals surface area contributed by atoms with Gasteiger partial charge in [-0.2, -0.15) is 0 Å². The number of rotatable bonds is 9. The minimum Gasteiger partial charge on any atom is -0.223 e. The van der Waals surface area contributed by atoms with Crippen molar-refractivity contribution in [1.29, 1.82) is 0 Å². The summed E-state index contributed by atoms with van der Waals surface area (Å²) in [4.78, 5) is -0.0557. The monoisotopic (exact) mass is 451 g/mol. The normalized spacial score (nSPS) is 13.4. The maximum Gasteiger partial charge on any atom is 0.208 e. The molecule has 0 saturated heterocycles. The maximum atomic E-state index is 14.3. The van der Waals surface area contributed by atoms with Crippen molar-refractivity contribution in [3.63, 3.8) is 0 Å². The van der Waals surface area contributed by atoms with Crippen LogP contribution < -0.4 is 4.72 Å². The number of unbranched alkanes of at least 4 members (excludes halogenated alkanes) is 1. The predicted molar refractivity (Wildman–Crippen MR) is 104 cm³/mol. The molecule has 0 radical (unpaired) electrons. The van der Waals surface area contributed by atoms with Crippen LogP contribution in [0, 0.1) is 11.6 Å². The maximum absolute atomic E-state index is 14.3. The lowest BCUT2D eigenvalue weighted by atomic mass is 10.1. The number of hydrogen-bond donors (Lipinski definition) is 1. The van der Waals surface area contributed by atoms with Gasteiger partial charge in [0.25, 0.3) is 0 Å². The van der Waals surface area contributed by atoms with Gasteiger partial charge in [0.1, 0.15) is 11.6 Å². The van der Waals surface area contributed by atoms with E-state index in [9.17, 15) is 25.6 Å². The third-order valence-electron chi connectivity index (χ3n) is 4.08. The number of halogens is 3. The van der Waals surface area contributed by atoms with E-state index in [4.69, 9.17) is 11.6 Å². The summed E-state index contributed by atoms with van der Waals surface area (Å²) in [7, 11) is -7.38. The number of sulfonamides is 1. The van der Waals surface area contributed by atoms with Gasteiger partial charge in [0.05, 0.1) is 16.4 Å². The highest BCUT2D eigenvalue weighted by Gasteiger charge is 2.31. The Hall–Kier alpha value is -1.55. The molecule has 2 aromatic carbocycles. The van der Waals surface area contributed by atoms with Crippen LogP contribution in [0.2, 0.25) is 5.02 Å². The highest BCUT2D eigenvalue weighted by molar-refractivity contribution is 7.91. The first-order valence-electron chi connectivity index (χ1n) is 8.40. The van der Waals surface area contributed by atoms with Crippen LogP contribution in [0.15, 0.2) is 47.4 Å². The van der Waals surface area contributed by atoms with E-state index in [0.29, 0.717) is 11.4 Å². The van der Waals surface area contributed by atoms with Crippen molar-refractivity contribution in [2.24, 2.45) is 0 Å². The lowest BCUT2D eigenvalue weighted by molar-refractivity contribution is 0.538. The second-order valence-electron chi connectivity index (χ2n) is 6.32. The number of hydrogen-bond acceptors (Lipinski definition) is 4. The molecule has 0 aliphatic carbocycles. The summed E-state index contributed by atoms with van der Waals surface area (Å²) in [6.45, 7) is 0.123. The van der Waals surface area contributed by atoms with Crippen molar-refractivity contribution >= 4 is 31.5 Å². The Morgan fingerprint density at radius 3 is 2.25 bits per heavy atom. The highest BCUT2D eigenvalue weighted by Crippen LogP contribution is 2.35. The minimum atomic E-state index is -4.03. The topological polar surface area (TPSA) is 80.3 Å². The molecule has 5 nitrogen and oxygen atoms in total. The lowest BCUT2D eigenvalue weighted by Gasteiger charge is -2.19. The van der Waals surface area contributed by atoms with Gasteiger partial charge in [-0.3, -0.25) is 0 Å². The van der Waals surface area contributed by atoms with Gasteiger partial charge in [0.2, 0.25) is 10.0 Å². The van der Waals surface area contributed by atoms with E-state index in [-0.39, 0.29) is 29.8 Å². The van der Waals surface area contributed by atoms with Crippen LogP contribution in [0.4, 0.5) is 8.78 Å². The summed E-state index contributed by atoms with van der Waals surface area (Å²) < 4.78 is 78.7. The zero-order valence-corrected chi connectivity index (χ0v) is 17.4. The Kier molecular flexibility index (Phi) is 7.55. The predicted octanol–water partition coefficient (Wildman–Crippen LogP) is 3.85. The quantitative estimate of drug-likeness (QED) is 0.587. The van der Waals surface area contributed by atoms with Crippen molar-refractivity contribution in [3.05, 3.63) is 64.7 Å². The fourth-order valence-corrected chi connectivity index (χ4v) is 5.22. The molecular weight excluding hydrogens is 432 g/mol. The average Bonchev–Trinajstić information content (AvgIpc) is 2.60. The molecule has 154 valence electrons. The van der Waals surface area contributed by atoms with Crippen LogP contribution >= 0.6 is 11.6 Å². The minimum absolute atomic E-state index is 0.00320. The molecule has 1 N–H and O–H groups in total. The van der Waals surface area contributed by atoms with E-state index in [1.165, 1.54) is 24.3 Å². The molecule has 1 unspecified atom stereocenters. The molecular formula is C18H20ClF2NO4S2. The molecule has 28 heavy (non-hydrogen) atoms. The molecule has 0 heterocycles. The van der Waals surface area contributed by atoms with E-state index in [2.05, 4.69) is 4.72 Å². The van der Waals surface area contributed by atoms with Crippen molar-refractivity contribution in [3.8, 4) is 0 Å². The standard InChI is InChI=1S/C18H20ClF2NO4S2/c1-27(23,24)22-11-3-2-4-18(16-12-14(20)7-10-17(16)21)28(25,26)15-8-5-13(19)6-9-15/h5-10,12,18,22H,2-4,11H2,1H3. The van der Waals surface area contributed by atoms with Gasteiger partial charge in [0, 0.05) is 17.1 Å². The Balaban J connectivity index is 2.31. The first-order valence-corrected chi connectivity index (χ1v) is 12.2. The summed E-state index contributed by atoms with van der Waals surface area (Å²) in [5, 5.41) is -0.970. The first-order chi connectivity index (χ1) is 13.0. The average molecular weight is 452 g/mol. The third kappa shape index (κ3) is 6.23. The molecule has 0 aliphatic heterocycles.